The number of aromatic hydroxyl groups is 1. The molecular formula is C31H49NO7S. The fraction of sp³-hybridized carbons (Fsp3) is 0.645. The highest BCUT2D eigenvalue weighted by molar-refractivity contribution is 8.00. The van der Waals surface area contributed by atoms with Gasteiger partial charge in [-0.15, -0.1) is 11.8 Å². The van der Waals surface area contributed by atoms with Crippen LogP contribution in [0.3, 0.4) is 0 Å². The van der Waals surface area contributed by atoms with Crippen molar-refractivity contribution in [2.24, 2.45) is 0 Å². The van der Waals surface area contributed by atoms with Gasteiger partial charge < -0.3 is 24.2 Å². The Morgan fingerprint density at radius 1 is 1.05 bits per heavy atom. The molecule has 0 spiro atoms. The predicted octanol–water partition coefficient (Wildman–Crippen LogP) is 6.85. The Morgan fingerprint density at radius 2 is 1.65 bits per heavy atom. The van der Waals surface area contributed by atoms with Crippen molar-refractivity contribution in [3.05, 3.63) is 34.9 Å². The minimum Gasteiger partial charge on any atom is -0.507 e. The van der Waals surface area contributed by atoms with E-state index in [1.165, 1.54) is 38.8 Å². The number of hydrogen-bond acceptors (Lipinski definition) is 8. The number of ether oxygens (including phenoxy) is 3. The zero-order chi connectivity index (χ0) is 30.6. The molecule has 0 aliphatic rings. The summed E-state index contributed by atoms with van der Waals surface area (Å²) in [6, 6.07) is 3.09. The SMILES string of the molecule is CCCN(CCC)C(=O)c1cc(OC)cc(O)c1[C@@H](SC(C)C)[C@@H](OC(C)=O)[C@](C)(CCC=C(C)C)OC(C)=O. The van der Waals surface area contributed by atoms with Crippen LogP contribution in [0.25, 0.3) is 0 Å². The van der Waals surface area contributed by atoms with Gasteiger partial charge in [0.05, 0.1) is 17.9 Å². The topological polar surface area (TPSA) is 102 Å². The highest BCUT2D eigenvalue weighted by Crippen LogP contribution is 2.48. The Balaban J connectivity index is 4.02. The lowest BCUT2D eigenvalue weighted by Gasteiger charge is -2.41. The minimum absolute atomic E-state index is 0.00857. The number of rotatable bonds is 16. The molecule has 1 rings (SSSR count). The summed E-state index contributed by atoms with van der Waals surface area (Å²) in [5.74, 6) is -1.14. The van der Waals surface area contributed by atoms with E-state index in [9.17, 15) is 19.5 Å². The van der Waals surface area contributed by atoms with E-state index in [-0.39, 0.29) is 22.5 Å². The first-order valence-electron chi connectivity index (χ1n) is 14.1. The molecule has 3 atom stereocenters. The third-order valence-corrected chi connectivity index (χ3v) is 7.64. The molecule has 1 aromatic carbocycles. The van der Waals surface area contributed by atoms with Crippen LogP contribution >= 0.6 is 11.8 Å². The van der Waals surface area contributed by atoms with Gasteiger partial charge >= 0.3 is 11.9 Å². The summed E-state index contributed by atoms with van der Waals surface area (Å²) in [5, 5.41) is 10.7. The molecule has 8 nitrogen and oxygen atoms in total. The highest BCUT2D eigenvalue weighted by Gasteiger charge is 2.47. The third kappa shape index (κ3) is 10.4. The quantitative estimate of drug-likeness (QED) is 0.168. The molecule has 0 fully saturated rings. The number of hydrogen-bond donors (Lipinski definition) is 1. The number of thioether (sulfide) groups is 1. The first-order chi connectivity index (χ1) is 18.7. The van der Waals surface area contributed by atoms with Crippen LogP contribution in [0.5, 0.6) is 11.5 Å². The summed E-state index contributed by atoms with van der Waals surface area (Å²) in [6.07, 6.45) is 3.50. The second-order valence-electron chi connectivity index (χ2n) is 10.8. The molecule has 9 heteroatoms. The molecular weight excluding hydrogens is 530 g/mol. The zero-order valence-corrected chi connectivity index (χ0v) is 26.8. The first kappa shape index (κ1) is 35.3. The molecule has 0 unspecified atom stereocenters. The Labute approximate surface area is 244 Å². The Morgan fingerprint density at radius 3 is 2.10 bits per heavy atom. The summed E-state index contributed by atoms with van der Waals surface area (Å²) in [4.78, 5) is 40.7. The smallest absolute Gasteiger partial charge is 0.303 e. The summed E-state index contributed by atoms with van der Waals surface area (Å²) in [7, 11) is 1.47. The number of carbonyl (C=O) groups excluding carboxylic acids is 3. The van der Waals surface area contributed by atoms with Gasteiger partial charge in [-0.25, -0.2) is 0 Å². The molecule has 1 amide bonds. The van der Waals surface area contributed by atoms with E-state index >= 15 is 0 Å². The van der Waals surface area contributed by atoms with Crippen molar-refractivity contribution in [3.8, 4) is 11.5 Å². The molecule has 40 heavy (non-hydrogen) atoms. The molecule has 1 N–H and O–H groups in total. The van der Waals surface area contributed by atoms with Gasteiger partial charge in [-0.05, 0) is 57.8 Å². The van der Waals surface area contributed by atoms with Crippen molar-refractivity contribution in [2.75, 3.05) is 20.2 Å². The molecule has 0 saturated carbocycles. The molecule has 226 valence electrons. The molecule has 0 bridgehead atoms. The van der Waals surface area contributed by atoms with Crippen LogP contribution in [0.2, 0.25) is 0 Å². The van der Waals surface area contributed by atoms with Crippen LogP contribution in [0.1, 0.15) is 109 Å². The van der Waals surface area contributed by atoms with Crippen molar-refractivity contribution in [1.29, 1.82) is 0 Å². The normalized spacial score (nSPS) is 14.1. The van der Waals surface area contributed by atoms with Crippen LogP contribution < -0.4 is 4.74 Å². The second kappa shape index (κ2) is 16.6. The van der Waals surface area contributed by atoms with Gasteiger partial charge in [-0.3, -0.25) is 14.4 Å². The van der Waals surface area contributed by atoms with E-state index in [4.69, 9.17) is 14.2 Å². The summed E-state index contributed by atoms with van der Waals surface area (Å²) >= 11 is 1.44. The summed E-state index contributed by atoms with van der Waals surface area (Å²) in [5.41, 5.74) is 0.446. The van der Waals surface area contributed by atoms with Gasteiger partial charge in [-0.2, -0.15) is 0 Å². The fourth-order valence-corrected chi connectivity index (χ4v) is 6.18. The van der Waals surface area contributed by atoms with Crippen LogP contribution in [0, 0.1) is 0 Å². The molecule has 0 aliphatic heterocycles. The van der Waals surface area contributed by atoms with Crippen molar-refractivity contribution in [2.45, 2.75) is 110 Å². The van der Waals surface area contributed by atoms with Crippen LogP contribution in [-0.4, -0.2) is 65.0 Å². The number of benzene rings is 1. The van der Waals surface area contributed by atoms with Gasteiger partial charge in [-0.1, -0.05) is 39.3 Å². The van der Waals surface area contributed by atoms with Crippen molar-refractivity contribution in [1.82, 2.24) is 4.90 Å². The van der Waals surface area contributed by atoms with E-state index in [0.29, 0.717) is 37.2 Å². The molecule has 0 heterocycles. The van der Waals surface area contributed by atoms with E-state index in [1.54, 1.807) is 17.9 Å². The number of phenolic OH excluding ortho intramolecular Hbond substituents is 1. The maximum atomic E-state index is 14.0. The number of nitrogens with zero attached hydrogens (tertiary/aromatic N) is 1. The second-order valence-corrected chi connectivity index (χ2v) is 12.5. The molecule has 0 aliphatic carbocycles. The average molecular weight is 580 g/mol. The van der Waals surface area contributed by atoms with Gasteiger partial charge in [0.1, 0.15) is 17.1 Å². The van der Waals surface area contributed by atoms with E-state index in [2.05, 4.69) is 0 Å². The van der Waals surface area contributed by atoms with Gasteiger partial charge in [0.25, 0.3) is 5.91 Å². The van der Waals surface area contributed by atoms with Crippen molar-refractivity contribution >= 4 is 29.6 Å². The van der Waals surface area contributed by atoms with E-state index in [0.717, 1.165) is 18.4 Å². The predicted molar refractivity (Wildman–Crippen MR) is 161 cm³/mol. The fourth-order valence-electron chi connectivity index (χ4n) is 4.73. The van der Waals surface area contributed by atoms with Gasteiger partial charge in [0.15, 0.2) is 6.10 Å². The van der Waals surface area contributed by atoms with Crippen LogP contribution in [0.4, 0.5) is 0 Å². The lowest BCUT2D eigenvalue weighted by atomic mass is 9.85. The number of esters is 2. The number of carbonyl (C=O) groups is 3. The monoisotopic (exact) mass is 579 g/mol. The highest BCUT2D eigenvalue weighted by atomic mass is 32.2. The number of methoxy groups -OCH3 is 1. The molecule has 0 radical (unpaired) electrons. The zero-order valence-electron chi connectivity index (χ0n) is 26.0. The maximum absolute atomic E-state index is 14.0. The Kier molecular flexibility index (Phi) is 14.6. The number of amides is 1. The summed E-state index contributed by atoms with van der Waals surface area (Å²) in [6.45, 7) is 17.4. The third-order valence-electron chi connectivity index (χ3n) is 6.32. The molecule has 1 aromatic rings. The number of phenols is 1. The largest absolute Gasteiger partial charge is 0.507 e. The lowest BCUT2D eigenvalue weighted by molar-refractivity contribution is -0.182. The maximum Gasteiger partial charge on any atom is 0.303 e. The van der Waals surface area contributed by atoms with Crippen LogP contribution in [-0.2, 0) is 19.1 Å². The lowest BCUT2D eigenvalue weighted by Crippen LogP contribution is -2.49. The summed E-state index contributed by atoms with van der Waals surface area (Å²) < 4.78 is 17.3. The Hall–Kier alpha value is -2.68. The van der Waals surface area contributed by atoms with Crippen molar-refractivity contribution in [3.63, 3.8) is 0 Å². The minimum atomic E-state index is -1.25. The first-order valence-corrected chi connectivity index (χ1v) is 15.0. The van der Waals surface area contributed by atoms with Crippen LogP contribution in [0.15, 0.2) is 23.8 Å². The average Bonchev–Trinajstić information content (AvgIpc) is 2.84. The van der Waals surface area contributed by atoms with Crippen molar-refractivity contribution < 1.29 is 33.7 Å². The van der Waals surface area contributed by atoms with Gasteiger partial charge in [0.2, 0.25) is 0 Å². The molecule has 0 saturated heterocycles. The van der Waals surface area contributed by atoms with E-state index in [1.807, 2.05) is 47.6 Å². The van der Waals surface area contributed by atoms with E-state index < -0.39 is 28.9 Å². The standard InChI is InChI=1S/C31H49NO7S/c1-11-16-32(17-12-2)30(36)25-18-24(37-10)19-26(35)27(25)28(40-21(5)6)29(38-22(7)33)31(9,39-23(8)34)15-13-14-20(3)4/h14,18-19,21,28-29,35H,11-13,15-17H2,1-10H3/t28-,29-,31+/m1/s1. The van der Waals surface area contributed by atoms with Gasteiger partial charge in [0, 0.05) is 38.6 Å². The number of allylic oxidation sites excluding steroid dienone is 2. The Bertz CT molecular complexity index is 1030. The molecule has 0 aromatic heterocycles.